The zero-order valence-electron chi connectivity index (χ0n) is 21.1. The molecule has 1 aromatic carbocycles. The van der Waals surface area contributed by atoms with E-state index in [1.165, 1.54) is 12.7 Å². The summed E-state index contributed by atoms with van der Waals surface area (Å²) in [5.41, 5.74) is 4.29. The molecule has 8 heteroatoms. The summed E-state index contributed by atoms with van der Waals surface area (Å²) in [6, 6.07) is 3.48. The van der Waals surface area contributed by atoms with E-state index in [0.29, 0.717) is 34.9 Å². The number of aldehydes is 1. The van der Waals surface area contributed by atoms with Gasteiger partial charge in [0.1, 0.15) is 12.0 Å². The molecule has 0 aliphatic heterocycles. The largest absolute Gasteiger partial charge is 0.493 e. The van der Waals surface area contributed by atoms with Crippen molar-refractivity contribution in [1.29, 1.82) is 0 Å². The number of ether oxygens (including phenoxy) is 1. The van der Waals surface area contributed by atoms with Gasteiger partial charge in [0, 0.05) is 42.1 Å². The number of nitrogens with zero attached hydrogens (tertiary/aromatic N) is 1. The molecule has 1 unspecified atom stereocenters. The van der Waals surface area contributed by atoms with Gasteiger partial charge in [0.05, 0.1) is 13.0 Å². The summed E-state index contributed by atoms with van der Waals surface area (Å²) in [6.45, 7) is 7.62. The minimum Gasteiger partial charge on any atom is -0.493 e. The van der Waals surface area contributed by atoms with Crippen molar-refractivity contribution in [1.82, 2.24) is 10.6 Å². The standard InChI is InChI=1S/C17H20N2O5.C10H15N/c1-11-13(6-8-18-2)16-14(12(7-9-20)10-19(21)22)4-5-15(23-3)17(16)24-11;1-8-5-4-6-10(7-8)9(2)11-3/h4-6,8-9,12,18H,7,10H2,1-3H3;4,6-8,11H,2,5H2,1,3H3/b8-6-;/t;8-/m.1/s1. The maximum Gasteiger partial charge on any atom is 0.211 e. The molecule has 35 heavy (non-hydrogen) atoms. The van der Waals surface area contributed by atoms with E-state index in [1.807, 2.05) is 20.0 Å². The van der Waals surface area contributed by atoms with Crippen molar-refractivity contribution in [2.45, 2.75) is 32.6 Å². The number of hydrogen-bond donors (Lipinski definition) is 2. The predicted octanol–water partition coefficient (Wildman–Crippen LogP) is 5.13. The number of methoxy groups -OCH3 is 1. The molecule has 3 rings (SSSR count). The Morgan fingerprint density at radius 3 is 2.71 bits per heavy atom. The highest BCUT2D eigenvalue weighted by Crippen LogP contribution is 2.39. The molecule has 188 valence electrons. The van der Waals surface area contributed by atoms with Gasteiger partial charge in [-0.05, 0) is 48.7 Å². The lowest BCUT2D eigenvalue weighted by molar-refractivity contribution is -0.483. The lowest BCUT2D eigenvalue weighted by Crippen LogP contribution is -2.13. The lowest BCUT2D eigenvalue weighted by Gasteiger charge is -2.13. The molecule has 0 amide bonds. The summed E-state index contributed by atoms with van der Waals surface area (Å²) >= 11 is 0. The third-order valence-electron chi connectivity index (χ3n) is 5.80. The molecule has 0 radical (unpaired) electrons. The first-order chi connectivity index (χ1) is 16.8. The Bertz CT molecular complexity index is 1140. The minimum absolute atomic E-state index is 0.0712. The van der Waals surface area contributed by atoms with Crippen molar-refractivity contribution >= 4 is 23.3 Å². The van der Waals surface area contributed by atoms with E-state index in [9.17, 15) is 14.9 Å². The van der Waals surface area contributed by atoms with Crippen molar-refractivity contribution < 1.29 is 18.9 Å². The first-order valence-electron chi connectivity index (χ1n) is 11.5. The van der Waals surface area contributed by atoms with Gasteiger partial charge in [-0.25, -0.2) is 0 Å². The molecule has 0 spiro atoms. The van der Waals surface area contributed by atoms with E-state index >= 15 is 0 Å². The summed E-state index contributed by atoms with van der Waals surface area (Å²) in [5.74, 6) is 1.35. The van der Waals surface area contributed by atoms with Gasteiger partial charge in [-0.1, -0.05) is 37.8 Å². The van der Waals surface area contributed by atoms with Gasteiger partial charge in [-0.3, -0.25) is 10.1 Å². The molecule has 2 N–H and O–H groups in total. The number of nitrogens with one attached hydrogen (secondary N) is 2. The van der Waals surface area contributed by atoms with E-state index in [4.69, 9.17) is 9.15 Å². The molecule has 8 nitrogen and oxygen atoms in total. The van der Waals surface area contributed by atoms with Crippen LogP contribution in [0.25, 0.3) is 17.0 Å². The fraction of sp³-hybridized carbons (Fsp3) is 0.370. The Morgan fingerprint density at radius 1 is 1.40 bits per heavy atom. The second-order valence-corrected chi connectivity index (χ2v) is 8.34. The van der Waals surface area contributed by atoms with Crippen LogP contribution in [0.1, 0.15) is 42.6 Å². The van der Waals surface area contributed by atoms with Crippen molar-refractivity contribution in [3.63, 3.8) is 0 Å². The molecule has 2 atom stereocenters. The Morgan fingerprint density at radius 2 is 2.14 bits per heavy atom. The number of carbonyl (C=O) groups is 1. The number of furan rings is 1. The molecular formula is C27H35N3O5. The highest BCUT2D eigenvalue weighted by atomic mass is 16.6. The number of allylic oxidation sites excluding steroid dienone is 3. The summed E-state index contributed by atoms with van der Waals surface area (Å²) in [5, 5.41) is 17.7. The fourth-order valence-electron chi connectivity index (χ4n) is 3.99. The molecule has 1 aliphatic carbocycles. The molecule has 1 aromatic heterocycles. The monoisotopic (exact) mass is 481 g/mol. The fourth-order valence-corrected chi connectivity index (χ4v) is 3.99. The molecule has 0 saturated heterocycles. The van der Waals surface area contributed by atoms with Crippen molar-refractivity contribution in [2.24, 2.45) is 5.92 Å². The van der Waals surface area contributed by atoms with Crippen LogP contribution >= 0.6 is 0 Å². The van der Waals surface area contributed by atoms with Crippen LogP contribution in [0.2, 0.25) is 0 Å². The Hall–Kier alpha value is -3.81. The van der Waals surface area contributed by atoms with Crippen LogP contribution in [0.4, 0.5) is 0 Å². The first-order valence-corrected chi connectivity index (χ1v) is 11.5. The number of benzene rings is 1. The summed E-state index contributed by atoms with van der Waals surface area (Å²) in [6.07, 6.45) is 12.1. The number of nitro groups is 1. The number of rotatable bonds is 10. The SMILES string of the molecule is C=C(NC)C1=C[C@H](C)CC=C1.CN/C=C\c1c(C)oc2c(OC)ccc(C(CC=O)C[N+](=O)[O-])c12. The van der Waals surface area contributed by atoms with Gasteiger partial charge in [-0.15, -0.1) is 0 Å². The van der Waals surface area contributed by atoms with Gasteiger partial charge in [-0.2, -0.15) is 0 Å². The van der Waals surface area contributed by atoms with Gasteiger partial charge in [0.2, 0.25) is 6.54 Å². The van der Waals surface area contributed by atoms with Gasteiger partial charge < -0.3 is 24.6 Å². The van der Waals surface area contributed by atoms with Crippen LogP contribution < -0.4 is 15.4 Å². The normalized spacial score (nSPS) is 15.7. The molecule has 1 heterocycles. The lowest BCUT2D eigenvalue weighted by atomic mass is 9.91. The smallest absolute Gasteiger partial charge is 0.211 e. The van der Waals surface area contributed by atoms with E-state index in [1.54, 1.807) is 25.4 Å². The molecule has 2 aromatic rings. The van der Waals surface area contributed by atoms with Crippen molar-refractivity contribution in [3.8, 4) is 5.75 Å². The summed E-state index contributed by atoms with van der Waals surface area (Å²) < 4.78 is 11.2. The van der Waals surface area contributed by atoms with Gasteiger partial charge in [0.15, 0.2) is 11.3 Å². The molecule has 0 saturated carbocycles. The predicted molar refractivity (Wildman–Crippen MR) is 140 cm³/mol. The van der Waals surface area contributed by atoms with E-state index < -0.39 is 10.8 Å². The van der Waals surface area contributed by atoms with Gasteiger partial charge in [0.25, 0.3) is 0 Å². The highest BCUT2D eigenvalue weighted by molar-refractivity contribution is 5.95. The zero-order chi connectivity index (χ0) is 26.0. The van der Waals surface area contributed by atoms with Crippen LogP contribution in [0, 0.1) is 23.0 Å². The quantitative estimate of drug-likeness (QED) is 0.275. The van der Waals surface area contributed by atoms with E-state index in [0.717, 1.165) is 23.1 Å². The summed E-state index contributed by atoms with van der Waals surface area (Å²) in [4.78, 5) is 21.6. The topological polar surface area (TPSA) is 107 Å². The van der Waals surface area contributed by atoms with Crippen LogP contribution in [-0.2, 0) is 4.79 Å². The minimum atomic E-state index is -0.523. The Labute approximate surface area is 206 Å². The molecule has 0 bridgehead atoms. The first kappa shape index (κ1) is 27.4. The highest BCUT2D eigenvalue weighted by Gasteiger charge is 2.25. The number of aryl methyl sites for hydroxylation is 1. The van der Waals surface area contributed by atoms with Crippen LogP contribution in [-0.4, -0.2) is 39.0 Å². The maximum atomic E-state index is 11.0. The average Bonchev–Trinajstić information content (AvgIpc) is 3.17. The van der Waals surface area contributed by atoms with E-state index in [2.05, 4.69) is 42.4 Å². The van der Waals surface area contributed by atoms with Crippen LogP contribution in [0.5, 0.6) is 5.75 Å². The van der Waals surface area contributed by atoms with Crippen molar-refractivity contribution in [3.05, 3.63) is 81.4 Å². The maximum absolute atomic E-state index is 11.0. The molecule has 0 fully saturated rings. The average molecular weight is 482 g/mol. The van der Waals surface area contributed by atoms with Gasteiger partial charge >= 0.3 is 0 Å². The number of likely N-dealkylation sites (N-methyl/N-ethyl adjacent to an activating group) is 1. The molecule has 1 aliphatic rings. The third-order valence-corrected chi connectivity index (χ3v) is 5.80. The second kappa shape index (κ2) is 13.2. The molecular weight excluding hydrogens is 446 g/mol. The second-order valence-electron chi connectivity index (χ2n) is 8.34. The number of carbonyl (C=O) groups excluding carboxylic acids is 1. The number of fused-ring (bicyclic) bond motifs is 1. The zero-order valence-corrected chi connectivity index (χ0v) is 21.1. The van der Waals surface area contributed by atoms with Crippen LogP contribution in [0.15, 0.2) is 58.8 Å². The van der Waals surface area contributed by atoms with Crippen LogP contribution in [0.3, 0.4) is 0 Å². The Kier molecular flexibility index (Phi) is 10.3. The third kappa shape index (κ3) is 7.09. The van der Waals surface area contributed by atoms with E-state index in [-0.39, 0.29) is 13.0 Å². The Balaban J connectivity index is 0.000000328. The summed E-state index contributed by atoms with van der Waals surface area (Å²) in [7, 11) is 5.21. The number of hydrogen-bond acceptors (Lipinski definition) is 7. The van der Waals surface area contributed by atoms with Crippen molar-refractivity contribution in [2.75, 3.05) is 27.7 Å².